The van der Waals surface area contributed by atoms with E-state index in [1.54, 1.807) is 0 Å². The number of benzene rings is 2. The minimum atomic E-state index is -0.959. The molecule has 0 aliphatic rings. The lowest BCUT2D eigenvalue weighted by atomic mass is 10.2. The van der Waals surface area contributed by atoms with Gasteiger partial charge in [0.05, 0.1) is 5.56 Å². The molecule has 0 saturated carbocycles. The van der Waals surface area contributed by atoms with E-state index < -0.39 is 29.8 Å². The average molecular weight is 535 g/mol. The van der Waals surface area contributed by atoms with Crippen molar-refractivity contribution < 1.29 is 47.7 Å². The maximum atomic E-state index is 13.0. The van der Waals surface area contributed by atoms with Gasteiger partial charge in [0.15, 0.2) is 23.0 Å². The third-order valence-electron chi connectivity index (χ3n) is 4.51. The summed E-state index contributed by atoms with van der Waals surface area (Å²) in [6, 6.07) is 7.31. The lowest BCUT2D eigenvalue weighted by Crippen LogP contribution is -2.15. The van der Waals surface area contributed by atoms with E-state index >= 15 is 0 Å². The number of rotatable bonds is 10. The number of carbonyl (C=O) groups is 5. The standard InChI is InChI=1S/C29H26O10/c1-15(2)25(30)35-20-10-12-22(24(14-20)39-28(33)18(7)8)37-29(34)19-9-11-21(36-26(31)16(3)4)23(13-19)38-27(32)17(5)6/h9-14H,1,3,5,7H2,2,4,6,8H3. The summed E-state index contributed by atoms with van der Waals surface area (Å²) in [7, 11) is 0. The van der Waals surface area contributed by atoms with Crippen molar-refractivity contribution in [3.05, 3.63) is 90.6 Å². The first-order valence-corrected chi connectivity index (χ1v) is 11.2. The molecule has 0 atom stereocenters. The van der Waals surface area contributed by atoms with Crippen molar-refractivity contribution in [3.63, 3.8) is 0 Å². The number of hydrogen-bond donors (Lipinski definition) is 0. The molecule has 0 unspecified atom stereocenters. The van der Waals surface area contributed by atoms with Gasteiger partial charge in [-0.3, -0.25) is 0 Å². The lowest BCUT2D eigenvalue weighted by molar-refractivity contribution is -0.132. The molecular formula is C29H26O10. The topological polar surface area (TPSA) is 132 Å². The van der Waals surface area contributed by atoms with Crippen LogP contribution in [0.25, 0.3) is 0 Å². The molecule has 2 aromatic rings. The highest BCUT2D eigenvalue weighted by molar-refractivity contribution is 5.95. The molecule has 0 spiro atoms. The molecule has 2 aromatic carbocycles. The SMILES string of the molecule is C=C(C)C(=O)Oc1ccc(OC(=O)c2ccc(OC(=O)C(=C)C)c(OC(=O)C(=C)C)c2)c(OC(=O)C(=C)C)c1. The molecule has 0 fully saturated rings. The van der Waals surface area contributed by atoms with Gasteiger partial charge in [0.25, 0.3) is 0 Å². The fourth-order valence-corrected chi connectivity index (χ4v) is 2.43. The Morgan fingerprint density at radius 2 is 0.872 bits per heavy atom. The zero-order valence-electron chi connectivity index (χ0n) is 21.9. The Bertz CT molecular complexity index is 1430. The van der Waals surface area contributed by atoms with Crippen LogP contribution in [-0.4, -0.2) is 29.8 Å². The largest absolute Gasteiger partial charge is 0.423 e. The van der Waals surface area contributed by atoms with Crippen molar-refractivity contribution >= 4 is 29.8 Å². The van der Waals surface area contributed by atoms with Gasteiger partial charge >= 0.3 is 29.8 Å². The van der Waals surface area contributed by atoms with Gasteiger partial charge in [0.2, 0.25) is 0 Å². The predicted octanol–water partition coefficient (Wildman–Crippen LogP) is 4.83. The van der Waals surface area contributed by atoms with E-state index in [-0.39, 0.29) is 56.6 Å². The summed E-state index contributed by atoms with van der Waals surface area (Å²) in [4.78, 5) is 61.1. The Morgan fingerprint density at radius 3 is 1.36 bits per heavy atom. The molecule has 10 nitrogen and oxygen atoms in total. The van der Waals surface area contributed by atoms with E-state index in [1.165, 1.54) is 58.0 Å². The summed E-state index contributed by atoms with van der Waals surface area (Å²) in [5.41, 5.74) is 0.207. The molecule has 0 aromatic heterocycles. The van der Waals surface area contributed by atoms with Crippen LogP contribution < -0.4 is 23.7 Å². The van der Waals surface area contributed by atoms with Crippen molar-refractivity contribution in [2.75, 3.05) is 0 Å². The van der Waals surface area contributed by atoms with Gasteiger partial charge in [0.1, 0.15) is 5.75 Å². The molecule has 0 saturated heterocycles. The zero-order valence-corrected chi connectivity index (χ0v) is 21.9. The molecule has 0 N–H and O–H groups in total. The van der Waals surface area contributed by atoms with Crippen LogP contribution in [0.1, 0.15) is 38.1 Å². The Morgan fingerprint density at radius 1 is 0.487 bits per heavy atom. The summed E-state index contributed by atoms with van der Waals surface area (Å²) in [5.74, 6) is -5.00. The van der Waals surface area contributed by atoms with Crippen molar-refractivity contribution in [2.45, 2.75) is 27.7 Å². The second-order valence-electron chi connectivity index (χ2n) is 8.34. The van der Waals surface area contributed by atoms with Gasteiger partial charge in [-0.1, -0.05) is 26.3 Å². The van der Waals surface area contributed by atoms with Crippen molar-refractivity contribution in [1.82, 2.24) is 0 Å². The number of ether oxygens (including phenoxy) is 5. The van der Waals surface area contributed by atoms with Crippen LogP contribution in [0, 0.1) is 0 Å². The number of carbonyl (C=O) groups excluding carboxylic acids is 5. The molecule has 0 bridgehead atoms. The summed E-state index contributed by atoms with van der Waals surface area (Å²) in [6.07, 6.45) is 0. The fraction of sp³-hybridized carbons (Fsp3) is 0.138. The van der Waals surface area contributed by atoms with Crippen LogP contribution in [0.2, 0.25) is 0 Å². The molecule has 2 rings (SSSR count). The maximum absolute atomic E-state index is 13.0. The molecule has 10 heteroatoms. The monoisotopic (exact) mass is 534 g/mol. The summed E-state index contributed by atoms with van der Waals surface area (Å²) in [6.45, 7) is 19.7. The Balaban J connectivity index is 2.45. The molecule has 0 radical (unpaired) electrons. The third-order valence-corrected chi connectivity index (χ3v) is 4.51. The van der Waals surface area contributed by atoms with Gasteiger partial charge in [-0.15, -0.1) is 0 Å². The minimum absolute atomic E-state index is 0.00927. The fourth-order valence-electron chi connectivity index (χ4n) is 2.43. The summed E-state index contributed by atoms with van der Waals surface area (Å²) < 4.78 is 26.2. The quantitative estimate of drug-likeness (QED) is 0.237. The highest BCUT2D eigenvalue weighted by Crippen LogP contribution is 2.34. The molecule has 0 aliphatic carbocycles. The van der Waals surface area contributed by atoms with Crippen LogP contribution in [-0.2, 0) is 19.2 Å². The average Bonchev–Trinajstić information content (AvgIpc) is 2.85. The molecule has 0 amide bonds. The van der Waals surface area contributed by atoms with Crippen LogP contribution in [0.4, 0.5) is 0 Å². The van der Waals surface area contributed by atoms with E-state index in [9.17, 15) is 24.0 Å². The molecule has 202 valence electrons. The van der Waals surface area contributed by atoms with Gasteiger partial charge in [-0.2, -0.15) is 0 Å². The van der Waals surface area contributed by atoms with Crippen LogP contribution in [0.15, 0.2) is 85.0 Å². The van der Waals surface area contributed by atoms with Gasteiger partial charge in [-0.05, 0) is 58.0 Å². The molecular weight excluding hydrogens is 508 g/mol. The zero-order chi connectivity index (χ0) is 29.4. The first-order valence-electron chi connectivity index (χ1n) is 11.2. The maximum Gasteiger partial charge on any atom is 0.343 e. The summed E-state index contributed by atoms with van der Waals surface area (Å²) >= 11 is 0. The van der Waals surface area contributed by atoms with Gasteiger partial charge in [0, 0.05) is 28.4 Å². The van der Waals surface area contributed by atoms with Crippen LogP contribution in [0.5, 0.6) is 28.7 Å². The van der Waals surface area contributed by atoms with Crippen molar-refractivity contribution in [2.24, 2.45) is 0 Å². The second kappa shape index (κ2) is 12.8. The van der Waals surface area contributed by atoms with E-state index in [0.717, 1.165) is 6.07 Å². The van der Waals surface area contributed by atoms with E-state index in [1.807, 2.05) is 0 Å². The van der Waals surface area contributed by atoms with Gasteiger partial charge < -0.3 is 23.7 Å². The predicted molar refractivity (Wildman–Crippen MR) is 140 cm³/mol. The smallest absolute Gasteiger partial charge is 0.343 e. The molecule has 0 heterocycles. The number of hydrogen-bond acceptors (Lipinski definition) is 10. The van der Waals surface area contributed by atoms with E-state index in [2.05, 4.69) is 26.3 Å². The second-order valence-corrected chi connectivity index (χ2v) is 8.34. The normalized spacial score (nSPS) is 9.95. The van der Waals surface area contributed by atoms with E-state index in [4.69, 9.17) is 23.7 Å². The number of esters is 5. The highest BCUT2D eigenvalue weighted by atomic mass is 16.6. The lowest BCUT2D eigenvalue weighted by Gasteiger charge is -2.14. The first-order chi connectivity index (χ1) is 18.2. The highest BCUT2D eigenvalue weighted by Gasteiger charge is 2.21. The molecule has 39 heavy (non-hydrogen) atoms. The van der Waals surface area contributed by atoms with Crippen LogP contribution in [0.3, 0.4) is 0 Å². The Hall–Kier alpha value is -5.25. The minimum Gasteiger partial charge on any atom is -0.423 e. The van der Waals surface area contributed by atoms with E-state index in [0.29, 0.717) is 0 Å². The Kier molecular flexibility index (Phi) is 9.85. The van der Waals surface area contributed by atoms with Crippen molar-refractivity contribution in [1.29, 1.82) is 0 Å². The third kappa shape index (κ3) is 8.39. The van der Waals surface area contributed by atoms with Crippen LogP contribution >= 0.6 is 0 Å². The first kappa shape index (κ1) is 30.0. The van der Waals surface area contributed by atoms with Crippen molar-refractivity contribution in [3.8, 4) is 28.7 Å². The Labute approximate surface area is 224 Å². The van der Waals surface area contributed by atoms with Gasteiger partial charge in [-0.25, -0.2) is 24.0 Å². The summed E-state index contributed by atoms with van der Waals surface area (Å²) in [5, 5.41) is 0. The molecule has 0 aliphatic heterocycles.